The fourth-order valence-corrected chi connectivity index (χ4v) is 3.47. The van der Waals surface area contributed by atoms with Gasteiger partial charge in [-0.25, -0.2) is 4.39 Å². The maximum Gasteiger partial charge on any atom is 0.124 e. The Morgan fingerprint density at radius 2 is 1.62 bits per heavy atom. The molecule has 0 atom stereocenters. The highest BCUT2D eigenvalue weighted by atomic mass is 19.1. The summed E-state index contributed by atoms with van der Waals surface area (Å²) in [5.41, 5.74) is 3.26. The SMILES string of the molecule is Fc1cccc(C#Cc2ccc(C3(N4CCOCC4)CC3)cc2)c1. The Labute approximate surface area is 142 Å². The third-order valence-electron chi connectivity index (χ3n) is 4.94. The molecule has 2 aromatic rings. The highest BCUT2D eigenvalue weighted by Gasteiger charge is 2.49. The van der Waals surface area contributed by atoms with Crippen LogP contribution in [-0.2, 0) is 10.3 Å². The predicted octanol–water partition coefficient (Wildman–Crippen LogP) is 3.55. The standard InChI is InChI=1S/C21H20FNO/c22-20-3-1-2-18(16-20)5-4-17-6-8-19(9-7-17)21(10-11-21)23-12-14-24-15-13-23/h1-3,6-9,16H,10-15H2. The van der Waals surface area contributed by atoms with Crippen molar-refractivity contribution in [3.63, 3.8) is 0 Å². The highest BCUT2D eigenvalue weighted by Crippen LogP contribution is 2.51. The van der Waals surface area contributed by atoms with E-state index in [0.29, 0.717) is 5.56 Å². The Balaban J connectivity index is 1.51. The summed E-state index contributed by atoms with van der Waals surface area (Å²) in [6.45, 7) is 3.69. The average Bonchev–Trinajstić information content (AvgIpc) is 3.43. The van der Waals surface area contributed by atoms with Crippen molar-refractivity contribution in [1.82, 2.24) is 4.90 Å². The van der Waals surface area contributed by atoms with E-state index in [9.17, 15) is 4.39 Å². The molecule has 1 heterocycles. The van der Waals surface area contributed by atoms with Gasteiger partial charge >= 0.3 is 0 Å². The van der Waals surface area contributed by atoms with Crippen LogP contribution in [0, 0.1) is 17.7 Å². The van der Waals surface area contributed by atoms with Crippen LogP contribution in [0.15, 0.2) is 48.5 Å². The highest BCUT2D eigenvalue weighted by molar-refractivity contribution is 5.45. The normalized spacial score (nSPS) is 19.4. The first-order chi connectivity index (χ1) is 11.8. The van der Waals surface area contributed by atoms with Crippen molar-refractivity contribution in [1.29, 1.82) is 0 Å². The maximum atomic E-state index is 13.2. The van der Waals surface area contributed by atoms with Crippen molar-refractivity contribution in [2.75, 3.05) is 26.3 Å². The molecule has 0 aromatic heterocycles. The second-order valence-corrected chi connectivity index (χ2v) is 6.47. The van der Waals surface area contributed by atoms with Gasteiger partial charge in [-0.15, -0.1) is 0 Å². The van der Waals surface area contributed by atoms with Crippen LogP contribution in [0.4, 0.5) is 4.39 Å². The summed E-state index contributed by atoms with van der Waals surface area (Å²) >= 11 is 0. The van der Waals surface area contributed by atoms with Gasteiger partial charge in [0.1, 0.15) is 5.82 Å². The third-order valence-corrected chi connectivity index (χ3v) is 4.94. The number of benzene rings is 2. The molecule has 1 saturated carbocycles. The van der Waals surface area contributed by atoms with E-state index in [-0.39, 0.29) is 11.4 Å². The zero-order chi connectivity index (χ0) is 16.4. The van der Waals surface area contributed by atoms with Gasteiger partial charge in [-0.3, -0.25) is 4.90 Å². The number of morpholine rings is 1. The number of hydrogen-bond acceptors (Lipinski definition) is 2. The van der Waals surface area contributed by atoms with Crippen LogP contribution in [0.2, 0.25) is 0 Å². The van der Waals surface area contributed by atoms with Crippen molar-refractivity contribution < 1.29 is 9.13 Å². The lowest BCUT2D eigenvalue weighted by Gasteiger charge is -2.35. The molecule has 122 valence electrons. The lowest BCUT2D eigenvalue weighted by Crippen LogP contribution is -2.43. The summed E-state index contributed by atoms with van der Waals surface area (Å²) in [6, 6.07) is 14.9. The zero-order valence-electron chi connectivity index (χ0n) is 13.6. The second kappa shape index (κ2) is 6.39. The van der Waals surface area contributed by atoms with Crippen molar-refractivity contribution >= 4 is 0 Å². The molecule has 0 bridgehead atoms. The fraction of sp³-hybridized carbons (Fsp3) is 0.333. The fourth-order valence-electron chi connectivity index (χ4n) is 3.47. The first-order valence-corrected chi connectivity index (χ1v) is 8.47. The molecule has 3 heteroatoms. The minimum atomic E-state index is -0.252. The van der Waals surface area contributed by atoms with E-state index in [2.05, 4.69) is 41.0 Å². The molecule has 0 unspecified atom stereocenters. The van der Waals surface area contributed by atoms with Gasteiger partial charge in [0.05, 0.1) is 13.2 Å². The van der Waals surface area contributed by atoms with Crippen LogP contribution in [0.1, 0.15) is 29.5 Å². The molecular weight excluding hydrogens is 301 g/mol. The second-order valence-electron chi connectivity index (χ2n) is 6.47. The number of hydrogen-bond donors (Lipinski definition) is 0. The van der Waals surface area contributed by atoms with Crippen LogP contribution in [-0.4, -0.2) is 31.2 Å². The summed E-state index contributed by atoms with van der Waals surface area (Å²) in [7, 11) is 0. The largest absolute Gasteiger partial charge is 0.379 e. The summed E-state index contributed by atoms with van der Waals surface area (Å²) in [6.07, 6.45) is 2.45. The van der Waals surface area contributed by atoms with E-state index in [4.69, 9.17) is 4.74 Å². The number of rotatable bonds is 2. The number of ether oxygens (including phenoxy) is 1. The molecule has 2 aromatic carbocycles. The van der Waals surface area contributed by atoms with Gasteiger partial charge in [-0.05, 0) is 48.7 Å². The van der Waals surface area contributed by atoms with Gasteiger partial charge in [0, 0.05) is 29.8 Å². The number of halogens is 1. The summed E-state index contributed by atoms with van der Waals surface area (Å²) < 4.78 is 18.7. The maximum absolute atomic E-state index is 13.2. The first kappa shape index (κ1) is 15.4. The molecule has 24 heavy (non-hydrogen) atoms. The lowest BCUT2D eigenvalue weighted by molar-refractivity contribution is 0.00835. The Morgan fingerprint density at radius 3 is 2.29 bits per heavy atom. The molecule has 2 nitrogen and oxygen atoms in total. The van der Waals surface area contributed by atoms with Crippen molar-refractivity contribution in [3.05, 3.63) is 71.0 Å². The topological polar surface area (TPSA) is 12.5 Å². The monoisotopic (exact) mass is 321 g/mol. The number of nitrogens with zero attached hydrogens (tertiary/aromatic N) is 1. The van der Waals surface area contributed by atoms with Crippen molar-refractivity contribution in [2.45, 2.75) is 18.4 Å². The molecule has 0 amide bonds. The molecule has 2 aliphatic rings. The molecule has 0 N–H and O–H groups in total. The summed E-state index contributed by atoms with van der Waals surface area (Å²) in [5, 5.41) is 0. The van der Waals surface area contributed by atoms with E-state index >= 15 is 0 Å². The van der Waals surface area contributed by atoms with Crippen LogP contribution in [0.3, 0.4) is 0 Å². The van der Waals surface area contributed by atoms with Crippen LogP contribution in [0.25, 0.3) is 0 Å². The Hall–Kier alpha value is -2.15. The van der Waals surface area contributed by atoms with Gasteiger partial charge in [0.25, 0.3) is 0 Å². The van der Waals surface area contributed by atoms with E-state index in [1.807, 2.05) is 6.07 Å². The molecule has 0 spiro atoms. The van der Waals surface area contributed by atoms with Crippen LogP contribution in [0.5, 0.6) is 0 Å². The Kier molecular flexibility index (Phi) is 4.10. The molecule has 1 saturated heterocycles. The average molecular weight is 321 g/mol. The van der Waals surface area contributed by atoms with E-state index in [1.165, 1.54) is 30.5 Å². The van der Waals surface area contributed by atoms with Gasteiger partial charge in [0.2, 0.25) is 0 Å². The van der Waals surface area contributed by atoms with Crippen LogP contribution < -0.4 is 0 Å². The van der Waals surface area contributed by atoms with E-state index < -0.39 is 0 Å². The van der Waals surface area contributed by atoms with Gasteiger partial charge < -0.3 is 4.74 Å². The molecule has 1 aliphatic carbocycles. The lowest BCUT2D eigenvalue weighted by atomic mass is 10.0. The predicted molar refractivity (Wildman–Crippen MR) is 92.1 cm³/mol. The zero-order valence-corrected chi connectivity index (χ0v) is 13.6. The smallest absolute Gasteiger partial charge is 0.124 e. The Bertz CT molecular complexity index is 777. The molecular formula is C21H20FNO. The van der Waals surface area contributed by atoms with E-state index in [1.54, 1.807) is 6.07 Å². The first-order valence-electron chi connectivity index (χ1n) is 8.47. The molecule has 1 aliphatic heterocycles. The third kappa shape index (κ3) is 3.08. The summed E-state index contributed by atoms with van der Waals surface area (Å²) in [5.74, 6) is 5.89. The molecule has 2 fully saturated rings. The van der Waals surface area contributed by atoms with Crippen molar-refractivity contribution in [3.8, 4) is 11.8 Å². The van der Waals surface area contributed by atoms with Crippen molar-refractivity contribution in [2.24, 2.45) is 0 Å². The Morgan fingerprint density at radius 1 is 0.917 bits per heavy atom. The van der Waals surface area contributed by atoms with Gasteiger partial charge in [0.15, 0.2) is 0 Å². The summed E-state index contributed by atoms with van der Waals surface area (Å²) in [4.78, 5) is 2.56. The molecule has 0 radical (unpaired) electrons. The van der Waals surface area contributed by atoms with Gasteiger partial charge in [-0.2, -0.15) is 0 Å². The minimum Gasteiger partial charge on any atom is -0.379 e. The van der Waals surface area contributed by atoms with Gasteiger partial charge in [-0.1, -0.05) is 30.0 Å². The minimum absolute atomic E-state index is 0.221. The van der Waals surface area contributed by atoms with Crippen LogP contribution >= 0.6 is 0 Å². The van der Waals surface area contributed by atoms with E-state index in [0.717, 1.165) is 31.9 Å². The quantitative estimate of drug-likeness (QED) is 0.785. The molecule has 4 rings (SSSR count).